The van der Waals surface area contributed by atoms with Crippen molar-refractivity contribution in [2.45, 2.75) is 17.9 Å². The number of nitrogens with one attached hydrogen (secondary N) is 1. The zero-order chi connectivity index (χ0) is 19.3. The van der Waals surface area contributed by atoms with E-state index >= 15 is 0 Å². The molecule has 0 spiro atoms. The highest BCUT2D eigenvalue weighted by atomic mass is 35.5. The highest BCUT2D eigenvalue weighted by molar-refractivity contribution is 7.98. The van der Waals surface area contributed by atoms with Crippen molar-refractivity contribution in [1.82, 2.24) is 0 Å². The quantitative estimate of drug-likeness (QED) is 0.586. The van der Waals surface area contributed by atoms with E-state index in [4.69, 9.17) is 16.3 Å². The van der Waals surface area contributed by atoms with Crippen LogP contribution in [-0.2, 0) is 9.53 Å². The standard InChI is InChI=1S/C19H21ClN2O3S/c1-12(18(23)21-13-5-7-14(8-6-13)22(2)3)25-19(24)16-11-15(26-4)9-10-17(16)20/h5-12H,1-4H3,(H,21,23). The van der Waals surface area contributed by atoms with Crippen LogP contribution in [0.15, 0.2) is 47.4 Å². The molecular formula is C19H21ClN2O3S. The summed E-state index contributed by atoms with van der Waals surface area (Å²) in [6, 6.07) is 12.5. The fraction of sp³-hybridized carbons (Fsp3) is 0.263. The van der Waals surface area contributed by atoms with Crippen LogP contribution >= 0.6 is 23.4 Å². The number of hydrogen-bond donors (Lipinski definition) is 1. The molecule has 2 rings (SSSR count). The molecule has 0 heterocycles. The van der Waals surface area contributed by atoms with Crippen LogP contribution in [0, 0.1) is 0 Å². The van der Waals surface area contributed by atoms with Crippen LogP contribution in [0.1, 0.15) is 17.3 Å². The summed E-state index contributed by atoms with van der Waals surface area (Å²) in [5, 5.41) is 3.02. The number of nitrogens with zero attached hydrogens (tertiary/aromatic N) is 1. The van der Waals surface area contributed by atoms with Crippen LogP contribution in [0.2, 0.25) is 5.02 Å². The monoisotopic (exact) mass is 392 g/mol. The van der Waals surface area contributed by atoms with Gasteiger partial charge >= 0.3 is 5.97 Å². The molecule has 0 aliphatic carbocycles. The molecule has 138 valence electrons. The van der Waals surface area contributed by atoms with Gasteiger partial charge in [-0.25, -0.2) is 4.79 Å². The Balaban J connectivity index is 2.01. The highest BCUT2D eigenvalue weighted by Crippen LogP contribution is 2.24. The molecule has 1 unspecified atom stereocenters. The predicted molar refractivity (Wildman–Crippen MR) is 108 cm³/mol. The Hall–Kier alpha value is -2.18. The number of ether oxygens (including phenoxy) is 1. The summed E-state index contributed by atoms with van der Waals surface area (Å²) in [7, 11) is 3.87. The Labute approximate surface area is 162 Å². The molecule has 0 aromatic heterocycles. The summed E-state index contributed by atoms with van der Waals surface area (Å²) >= 11 is 7.56. The van der Waals surface area contributed by atoms with E-state index in [1.807, 2.05) is 43.5 Å². The van der Waals surface area contributed by atoms with Gasteiger partial charge < -0.3 is 15.0 Å². The van der Waals surface area contributed by atoms with Crippen molar-refractivity contribution in [3.8, 4) is 0 Å². The fourth-order valence-corrected chi connectivity index (χ4v) is 2.79. The number of thioether (sulfide) groups is 1. The number of hydrogen-bond acceptors (Lipinski definition) is 5. The van der Waals surface area contributed by atoms with Gasteiger partial charge in [-0.1, -0.05) is 11.6 Å². The molecule has 1 amide bonds. The molecular weight excluding hydrogens is 372 g/mol. The molecule has 2 aromatic carbocycles. The van der Waals surface area contributed by atoms with Gasteiger partial charge in [0, 0.05) is 30.4 Å². The van der Waals surface area contributed by atoms with Crippen LogP contribution in [0.4, 0.5) is 11.4 Å². The van der Waals surface area contributed by atoms with Gasteiger partial charge in [0.05, 0.1) is 10.6 Å². The van der Waals surface area contributed by atoms with Crippen molar-refractivity contribution >= 4 is 46.6 Å². The van der Waals surface area contributed by atoms with Gasteiger partial charge in [0.1, 0.15) is 0 Å². The fourth-order valence-electron chi connectivity index (χ4n) is 2.15. The summed E-state index contributed by atoms with van der Waals surface area (Å²) in [5.74, 6) is -1.04. The van der Waals surface area contributed by atoms with E-state index in [2.05, 4.69) is 5.32 Å². The molecule has 5 nitrogen and oxygen atoms in total. The van der Waals surface area contributed by atoms with Gasteiger partial charge in [-0.2, -0.15) is 0 Å². The van der Waals surface area contributed by atoms with Crippen LogP contribution in [0.3, 0.4) is 0 Å². The number of esters is 1. The summed E-state index contributed by atoms with van der Waals surface area (Å²) in [6.45, 7) is 1.52. The number of anilines is 2. The molecule has 0 fully saturated rings. The van der Waals surface area contributed by atoms with E-state index in [1.54, 1.807) is 24.3 Å². The van der Waals surface area contributed by atoms with Gasteiger partial charge in [-0.3, -0.25) is 4.79 Å². The minimum Gasteiger partial charge on any atom is -0.449 e. The number of halogens is 1. The average molecular weight is 393 g/mol. The summed E-state index contributed by atoms with van der Waals surface area (Å²) in [6.07, 6.45) is 0.945. The Bertz CT molecular complexity index is 794. The van der Waals surface area contributed by atoms with Crippen LogP contribution in [0.25, 0.3) is 0 Å². The summed E-state index contributed by atoms with van der Waals surface area (Å²) in [4.78, 5) is 27.4. The molecule has 1 atom stereocenters. The minimum atomic E-state index is -0.954. The molecule has 2 aromatic rings. The molecule has 0 aliphatic heterocycles. The molecule has 1 N–H and O–H groups in total. The Morgan fingerprint density at radius 2 is 1.81 bits per heavy atom. The first-order chi connectivity index (χ1) is 12.3. The lowest BCUT2D eigenvalue weighted by Gasteiger charge is -2.16. The second-order valence-corrected chi connectivity index (χ2v) is 7.11. The average Bonchev–Trinajstić information content (AvgIpc) is 2.62. The molecule has 0 aliphatic rings. The first kappa shape index (κ1) is 20.1. The maximum absolute atomic E-state index is 12.3. The van der Waals surface area contributed by atoms with E-state index in [-0.39, 0.29) is 5.56 Å². The van der Waals surface area contributed by atoms with Gasteiger partial charge in [0.15, 0.2) is 6.10 Å². The highest BCUT2D eigenvalue weighted by Gasteiger charge is 2.21. The van der Waals surface area contributed by atoms with Gasteiger partial charge in [-0.15, -0.1) is 11.8 Å². The SMILES string of the molecule is CSc1ccc(Cl)c(C(=O)OC(C)C(=O)Nc2ccc(N(C)C)cc2)c1. The van der Waals surface area contributed by atoms with Gasteiger partial charge in [0.2, 0.25) is 0 Å². The van der Waals surface area contributed by atoms with E-state index in [1.165, 1.54) is 18.7 Å². The molecule has 7 heteroatoms. The lowest BCUT2D eigenvalue weighted by molar-refractivity contribution is -0.123. The maximum Gasteiger partial charge on any atom is 0.340 e. The van der Waals surface area contributed by atoms with E-state index in [9.17, 15) is 9.59 Å². The van der Waals surface area contributed by atoms with Crippen molar-refractivity contribution in [2.75, 3.05) is 30.6 Å². The van der Waals surface area contributed by atoms with E-state index < -0.39 is 18.0 Å². The van der Waals surface area contributed by atoms with Crippen molar-refractivity contribution in [3.63, 3.8) is 0 Å². The number of carbonyl (C=O) groups is 2. The van der Waals surface area contributed by atoms with Gasteiger partial charge in [-0.05, 0) is 55.6 Å². The Kier molecular flexibility index (Phi) is 6.94. The maximum atomic E-state index is 12.3. The normalized spacial score (nSPS) is 11.6. The predicted octanol–water partition coefficient (Wildman–Crippen LogP) is 4.31. The second kappa shape index (κ2) is 8.96. The van der Waals surface area contributed by atoms with Crippen LogP contribution in [-0.4, -0.2) is 38.3 Å². The van der Waals surface area contributed by atoms with Gasteiger partial charge in [0.25, 0.3) is 5.91 Å². The van der Waals surface area contributed by atoms with Crippen molar-refractivity contribution < 1.29 is 14.3 Å². The first-order valence-electron chi connectivity index (χ1n) is 7.94. The molecule has 0 radical (unpaired) electrons. The van der Waals surface area contributed by atoms with Crippen molar-refractivity contribution in [3.05, 3.63) is 53.1 Å². The Morgan fingerprint density at radius 3 is 2.38 bits per heavy atom. The summed E-state index contributed by atoms with van der Waals surface area (Å²) < 4.78 is 5.26. The van der Waals surface area contributed by atoms with E-state index in [0.717, 1.165) is 10.6 Å². The lowest BCUT2D eigenvalue weighted by Crippen LogP contribution is -2.30. The number of carbonyl (C=O) groups excluding carboxylic acids is 2. The van der Waals surface area contributed by atoms with Crippen LogP contribution in [0.5, 0.6) is 0 Å². The number of amides is 1. The number of benzene rings is 2. The smallest absolute Gasteiger partial charge is 0.340 e. The minimum absolute atomic E-state index is 0.244. The van der Waals surface area contributed by atoms with Crippen molar-refractivity contribution in [1.29, 1.82) is 0 Å². The first-order valence-corrected chi connectivity index (χ1v) is 9.55. The second-order valence-electron chi connectivity index (χ2n) is 5.82. The zero-order valence-electron chi connectivity index (χ0n) is 15.1. The topological polar surface area (TPSA) is 58.6 Å². The molecule has 26 heavy (non-hydrogen) atoms. The Morgan fingerprint density at radius 1 is 1.15 bits per heavy atom. The molecule has 0 bridgehead atoms. The third kappa shape index (κ3) is 5.16. The van der Waals surface area contributed by atoms with Crippen LogP contribution < -0.4 is 10.2 Å². The largest absolute Gasteiger partial charge is 0.449 e. The third-order valence-electron chi connectivity index (χ3n) is 3.70. The third-order valence-corrected chi connectivity index (χ3v) is 4.75. The van der Waals surface area contributed by atoms with E-state index in [0.29, 0.717) is 10.7 Å². The summed E-state index contributed by atoms with van der Waals surface area (Å²) in [5.41, 5.74) is 1.89. The molecule has 0 saturated carbocycles. The lowest BCUT2D eigenvalue weighted by atomic mass is 10.2. The van der Waals surface area contributed by atoms with Crippen molar-refractivity contribution in [2.24, 2.45) is 0 Å². The number of rotatable bonds is 6. The zero-order valence-corrected chi connectivity index (χ0v) is 16.6. The molecule has 0 saturated heterocycles.